The van der Waals surface area contributed by atoms with Gasteiger partial charge in [-0.25, -0.2) is 9.78 Å². The molecule has 78 heavy (non-hydrogen) atoms. The fourth-order valence-corrected chi connectivity index (χ4v) is 8.18. The number of aliphatic carboxylic acids is 2. The molecule has 0 radical (unpaired) electrons. The van der Waals surface area contributed by atoms with Crippen LogP contribution in [0, 0.1) is 11.8 Å². The van der Waals surface area contributed by atoms with E-state index in [1.807, 2.05) is 0 Å². The Morgan fingerprint density at radius 1 is 0.705 bits per heavy atom. The highest BCUT2D eigenvalue weighted by molar-refractivity contribution is 5.98. The number of guanidine groups is 1. The molecule has 0 spiro atoms. The molecule has 1 fully saturated rings. The van der Waals surface area contributed by atoms with Gasteiger partial charge in [0.2, 0.25) is 47.3 Å². The summed E-state index contributed by atoms with van der Waals surface area (Å²) in [6.45, 7) is 7.85. The van der Waals surface area contributed by atoms with Gasteiger partial charge in [0.15, 0.2) is 5.96 Å². The van der Waals surface area contributed by atoms with Crippen LogP contribution in [0.3, 0.4) is 0 Å². The number of benzene rings is 2. The van der Waals surface area contributed by atoms with E-state index in [1.165, 1.54) is 41.7 Å². The number of hydrogen-bond donors (Lipinski definition) is 14. The van der Waals surface area contributed by atoms with Gasteiger partial charge in [-0.15, -0.1) is 0 Å². The monoisotopic (exact) mass is 1090 g/mol. The molecular formula is C51H74N14O13. The van der Waals surface area contributed by atoms with Crippen molar-refractivity contribution in [3.8, 4) is 5.75 Å². The molecule has 4 rings (SSSR count). The number of carbonyl (C=O) groups excluding carboxylic acids is 8. The standard InChI is InChI=1S/C49H70N14O11.C2H4O2/c1-26(2)39(61-42(67)33(12-8-18-55-49(52)53)57-41(66)32(50)23-38(51)65)45(70)58-34(20-29-14-16-31(64)17-15-29)43(68)62-40(27(3)4)46(71)59-35(22-30-24-54-25-56-30)47(72)63-19-9-13-37(63)44(69)60-36(48(73)74)21-28-10-6-5-7-11-28;1-2(3)4/h5-7,10-11,14-17,24-27,32-37,39-40,64H,8-9,12-13,18-23,50H2,1-4H3,(H2,51,65)(H,54,56)(H,57,66)(H,58,70)(H,59,71)(H,60,69)(H,61,67)(H,62,68)(H,73,74)(H4,52,53,55);1H3,(H,3,4)/t32-,33-,34-,35-,36-,37-,39-,40-;/m0./s1. The summed E-state index contributed by atoms with van der Waals surface area (Å²) in [4.78, 5) is 143. The predicted octanol–water partition coefficient (Wildman–Crippen LogP) is -2.21. The number of carbonyl (C=O) groups is 10. The zero-order valence-corrected chi connectivity index (χ0v) is 44.3. The molecule has 0 unspecified atom stereocenters. The third-order valence-electron chi connectivity index (χ3n) is 12.2. The zero-order chi connectivity index (χ0) is 58.2. The van der Waals surface area contributed by atoms with Gasteiger partial charge in [0.25, 0.3) is 5.97 Å². The molecule has 426 valence electrons. The molecule has 27 heteroatoms. The number of nitrogens with one attached hydrogen (secondary N) is 7. The minimum absolute atomic E-state index is 0.000444. The molecule has 0 aliphatic carbocycles. The van der Waals surface area contributed by atoms with Gasteiger partial charge in [-0.1, -0.05) is 70.2 Å². The van der Waals surface area contributed by atoms with Crippen molar-refractivity contribution in [3.63, 3.8) is 0 Å². The molecule has 2 aromatic carbocycles. The van der Waals surface area contributed by atoms with Crippen LogP contribution in [0.5, 0.6) is 5.75 Å². The number of carboxylic acids is 2. The summed E-state index contributed by atoms with van der Waals surface area (Å²) >= 11 is 0. The highest BCUT2D eigenvalue weighted by Gasteiger charge is 2.41. The summed E-state index contributed by atoms with van der Waals surface area (Å²) in [5, 5.41) is 43.3. The van der Waals surface area contributed by atoms with E-state index in [2.05, 4.69) is 46.9 Å². The highest BCUT2D eigenvalue weighted by Crippen LogP contribution is 2.21. The van der Waals surface area contributed by atoms with Crippen LogP contribution in [0.25, 0.3) is 0 Å². The first-order valence-corrected chi connectivity index (χ1v) is 25.2. The lowest BCUT2D eigenvalue weighted by Crippen LogP contribution is -2.62. The number of nitrogens with two attached hydrogens (primary N) is 4. The lowest BCUT2D eigenvalue weighted by Gasteiger charge is -2.31. The number of rotatable bonds is 28. The number of hydrogen-bond acceptors (Lipinski definition) is 14. The van der Waals surface area contributed by atoms with Gasteiger partial charge in [-0.3, -0.25) is 48.1 Å². The smallest absolute Gasteiger partial charge is 0.326 e. The Labute approximate surface area is 450 Å². The summed E-state index contributed by atoms with van der Waals surface area (Å²) in [7, 11) is 0. The van der Waals surface area contributed by atoms with Crippen molar-refractivity contribution >= 4 is 65.2 Å². The molecule has 2 heterocycles. The van der Waals surface area contributed by atoms with Gasteiger partial charge in [-0.2, -0.15) is 0 Å². The van der Waals surface area contributed by atoms with Gasteiger partial charge in [-0.05, 0) is 60.8 Å². The van der Waals surface area contributed by atoms with Crippen LogP contribution in [0.4, 0.5) is 0 Å². The number of primary amides is 1. The van der Waals surface area contributed by atoms with Gasteiger partial charge in [0, 0.05) is 51.2 Å². The first-order valence-electron chi connectivity index (χ1n) is 25.2. The summed E-state index contributed by atoms with van der Waals surface area (Å²) < 4.78 is 0. The van der Waals surface area contributed by atoms with Crippen molar-refractivity contribution in [1.29, 1.82) is 0 Å². The predicted molar refractivity (Wildman–Crippen MR) is 283 cm³/mol. The second-order valence-electron chi connectivity index (χ2n) is 19.3. The topological polar surface area (TPSA) is 452 Å². The Hall–Kier alpha value is -8.62. The average molecular weight is 1090 g/mol. The molecule has 1 aliphatic rings. The Morgan fingerprint density at radius 2 is 1.24 bits per heavy atom. The number of amides is 8. The van der Waals surface area contributed by atoms with Crippen LogP contribution in [-0.2, 0) is 67.2 Å². The van der Waals surface area contributed by atoms with E-state index in [4.69, 9.17) is 32.8 Å². The molecule has 18 N–H and O–H groups in total. The van der Waals surface area contributed by atoms with Crippen LogP contribution >= 0.6 is 0 Å². The van der Waals surface area contributed by atoms with Crippen molar-refractivity contribution in [2.75, 3.05) is 13.1 Å². The number of nitrogens with zero attached hydrogens (tertiary/aromatic N) is 3. The van der Waals surface area contributed by atoms with Gasteiger partial charge < -0.3 is 80.0 Å². The number of aromatic nitrogens is 2. The molecule has 1 aromatic heterocycles. The molecule has 8 atom stereocenters. The molecule has 8 amide bonds. The fraction of sp³-hybridized carbons (Fsp3) is 0.490. The fourth-order valence-electron chi connectivity index (χ4n) is 8.18. The van der Waals surface area contributed by atoms with Gasteiger partial charge in [0.05, 0.1) is 18.8 Å². The number of phenols is 1. The number of likely N-dealkylation sites (tertiary alicyclic amines) is 1. The molecule has 3 aromatic rings. The van der Waals surface area contributed by atoms with E-state index in [0.717, 1.165) is 6.92 Å². The number of carboxylic acid groups (broad SMARTS) is 2. The van der Waals surface area contributed by atoms with Crippen LogP contribution in [0.15, 0.2) is 72.1 Å². The van der Waals surface area contributed by atoms with E-state index in [1.54, 1.807) is 58.0 Å². The summed E-state index contributed by atoms with van der Waals surface area (Å²) in [6.07, 6.45) is 2.86. The lowest BCUT2D eigenvalue weighted by atomic mass is 9.98. The number of phenolic OH excluding ortho intramolecular Hbond substituents is 1. The van der Waals surface area contributed by atoms with Crippen LogP contribution in [0.2, 0.25) is 0 Å². The SMILES string of the molecule is CC(=O)O.CC(C)[C@H](NC(=O)[C@H](CCCN=C(N)N)NC(=O)[C@@H](N)CC(N)=O)C(=O)N[C@@H](Cc1ccc(O)cc1)C(=O)N[C@H](C(=O)N[C@@H](Cc1cnc[nH]1)C(=O)N1CCC[C@H]1C(=O)N[C@@H](Cc1ccccc1)C(=O)O)C(C)C. The maximum absolute atomic E-state index is 14.5. The maximum atomic E-state index is 14.5. The quantitative estimate of drug-likeness (QED) is 0.0208. The summed E-state index contributed by atoms with van der Waals surface area (Å²) in [5.41, 5.74) is 23.5. The third kappa shape index (κ3) is 21.5. The van der Waals surface area contributed by atoms with Crippen molar-refractivity contribution in [2.45, 2.75) is 134 Å². The van der Waals surface area contributed by atoms with Crippen LogP contribution < -0.4 is 54.8 Å². The second-order valence-corrected chi connectivity index (χ2v) is 19.3. The molecule has 1 saturated heterocycles. The highest BCUT2D eigenvalue weighted by atomic mass is 16.4. The molecular weight excluding hydrogens is 1020 g/mol. The van der Waals surface area contributed by atoms with Crippen molar-refractivity contribution in [2.24, 2.45) is 39.8 Å². The maximum Gasteiger partial charge on any atom is 0.326 e. The summed E-state index contributed by atoms with van der Waals surface area (Å²) in [5.74, 6) is -9.87. The van der Waals surface area contributed by atoms with Gasteiger partial charge >= 0.3 is 5.97 Å². The number of H-pyrrole nitrogens is 1. The van der Waals surface area contributed by atoms with Crippen molar-refractivity contribution in [3.05, 3.63) is 83.9 Å². The number of aromatic amines is 1. The normalized spacial score (nSPS) is 15.5. The Balaban J connectivity index is 0.00000386. The Bertz CT molecular complexity index is 2540. The Kier molecular flexibility index (Phi) is 25.7. The van der Waals surface area contributed by atoms with Crippen molar-refractivity contribution < 1.29 is 63.3 Å². The lowest BCUT2D eigenvalue weighted by molar-refractivity contribution is -0.145. The van der Waals surface area contributed by atoms with E-state index in [9.17, 15) is 53.4 Å². The molecule has 0 saturated carbocycles. The van der Waals surface area contributed by atoms with E-state index < -0.39 is 126 Å². The largest absolute Gasteiger partial charge is 0.508 e. The Morgan fingerprint density at radius 3 is 1.77 bits per heavy atom. The summed E-state index contributed by atoms with van der Waals surface area (Å²) in [6, 6.07) is 4.17. The van der Waals surface area contributed by atoms with Gasteiger partial charge in [0.1, 0.15) is 48.0 Å². The second kappa shape index (κ2) is 31.4. The van der Waals surface area contributed by atoms with E-state index >= 15 is 0 Å². The van der Waals surface area contributed by atoms with E-state index in [-0.39, 0.29) is 63.3 Å². The minimum Gasteiger partial charge on any atom is -0.508 e. The van der Waals surface area contributed by atoms with E-state index in [0.29, 0.717) is 23.2 Å². The number of imidazole rings is 1. The van der Waals surface area contributed by atoms with Crippen LogP contribution in [-0.4, -0.2) is 157 Å². The first kappa shape index (κ1) is 63.7. The molecule has 1 aliphatic heterocycles. The molecule has 0 bridgehead atoms. The average Bonchev–Trinajstić information content (AvgIpc) is 4.09. The molecule has 27 nitrogen and oxygen atoms in total. The third-order valence-corrected chi connectivity index (χ3v) is 12.2. The zero-order valence-electron chi connectivity index (χ0n) is 44.3. The van der Waals surface area contributed by atoms with Crippen LogP contribution in [0.1, 0.15) is 83.5 Å². The minimum atomic E-state index is -1.41. The van der Waals surface area contributed by atoms with Crippen molar-refractivity contribution in [1.82, 2.24) is 46.8 Å². The number of aliphatic imine (C=N–C) groups is 1. The number of aromatic hydroxyl groups is 1. The first-order chi connectivity index (χ1) is 36.8.